The summed E-state index contributed by atoms with van der Waals surface area (Å²) in [4.78, 5) is 20.9. The number of benzene rings is 11. The van der Waals surface area contributed by atoms with Gasteiger partial charge in [-0.05, 0) is 191 Å². The van der Waals surface area contributed by atoms with E-state index < -0.39 is 0 Å². The molecule has 3 aromatic heterocycles. The second-order valence-corrected chi connectivity index (χ2v) is 32.9. The van der Waals surface area contributed by atoms with Crippen LogP contribution in [0.15, 0.2) is 218 Å². The van der Waals surface area contributed by atoms with Crippen molar-refractivity contribution in [3.05, 3.63) is 274 Å². The molecule has 6 nitrogen and oxygen atoms in total. The van der Waals surface area contributed by atoms with Gasteiger partial charge in [-0.1, -0.05) is 238 Å². The van der Waals surface area contributed by atoms with Crippen molar-refractivity contribution in [2.75, 3.05) is 0 Å². The van der Waals surface area contributed by atoms with Crippen molar-refractivity contribution in [3.63, 3.8) is 0 Å². The zero-order valence-electron chi connectivity index (χ0n) is 59.5. The molecule has 0 amide bonds. The third-order valence-corrected chi connectivity index (χ3v) is 21.6. The van der Waals surface area contributed by atoms with Crippen molar-refractivity contribution < 1.29 is 0 Å². The highest BCUT2D eigenvalue weighted by atomic mass is 15.0. The lowest BCUT2D eigenvalue weighted by Gasteiger charge is -2.26. The van der Waals surface area contributed by atoms with Gasteiger partial charge in [0, 0.05) is 60.2 Å². The van der Waals surface area contributed by atoms with Crippen molar-refractivity contribution in [1.82, 2.24) is 24.1 Å². The maximum Gasteiger partial charge on any atom is 0.187 e. The highest BCUT2D eigenvalue weighted by Gasteiger charge is 2.39. The maximum absolute atomic E-state index is 7.97. The number of para-hydroxylation sites is 2. The van der Waals surface area contributed by atoms with Crippen molar-refractivity contribution in [1.29, 1.82) is 0 Å². The molecule has 0 saturated heterocycles. The Kier molecular flexibility index (Phi) is 13.8. The van der Waals surface area contributed by atoms with Gasteiger partial charge in [0.1, 0.15) is 0 Å². The summed E-state index contributed by atoms with van der Waals surface area (Å²) in [6.45, 7) is 45.0. The minimum absolute atomic E-state index is 0.155. The summed E-state index contributed by atoms with van der Waals surface area (Å²) in [6, 6.07) is 81.7. The minimum atomic E-state index is -0.251. The second kappa shape index (κ2) is 21.8. The van der Waals surface area contributed by atoms with Gasteiger partial charge in [-0.15, -0.1) is 0 Å². The summed E-state index contributed by atoms with van der Waals surface area (Å²) < 4.78 is 5.06. The number of fused-ring (bicyclic) bond motifs is 12. The minimum Gasteiger partial charge on any atom is -0.309 e. The average Bonchev–Trinajstić information content (AvgIpc) is 1.54. The van der Waals surface area contributed by atoms with Gasteiger partial charge >= 0.3 is 0 Å². The Balaban J connectivity index is 1.04. The van der Waals surface area contributed by atoms with Crippen LogP contribution in [0.4, 0.5) is 5.69 Å². The van der Waals surface area contributed by atoms with Gasteiger partial charge in [-0.25, -0.2) is 19.8 Å². The zero-order valence-corrected chi connectivity index (χ0v) is 59.5. The number of nitrogens with zero attached hydrogens (tertiary/aromatic N) is 6. The third kappa shape index (κ3) is 9.97. The lowest BCUT2D eigenvalue weighted by molar-refractivity contribution is 0.568. The van der Waals surface area contributed by atoms with E-state index in [9.17, 15) is 0 Å². The lowest BCUT2D eigenvalue weighted by Crippen LogP contribution is -2.17. The predicted molar refractivity (Wildman–Crippen MR) is 412 cm³/mol. The van der Waals surface area contributed by atoms with Crippen LogP contribution in [0.25, 0.3) is 139 Å². The normalized spacial score (nSPS) is 14.1. The van der Waals surface area contributed by atoms with Gasteiger partial charge in [0.05, 0.1) is 40.0 Å². The van der Waals surface area contributed by atoms with Crippen LogP contribution in [0, 0.1) is 6.57 Å². The van der Waals surface area contributed by atoms with E-state index in [1.54, 1.807) is 0 Å². The Morgan fingerprint density at radius 1 is 0.296 bits per heavy atom. The molecule has 6 heteroatoms. The molecule has 0 bridgehead atoms. The van der Waals surface area contributed by atoms with E-state index in [0.717, 1.165) is 72.4 Å². The summed E-state index contributed by atoms with van der Waals surface area (Å²) in [5.74, 6) is 1.83. The fourth-order valence-corrected chi connectivity index (χ4v) is 15.8. The Bertz CT molecular complexity index is 5570. The summed E-state index contributed by atoms with van der Waals surface area (Å²) >= 11 is 0. The van der Waals surface area contributed by atoms with Crippen LogP contribution >= 0.6 is 0 Å². The van der Waals surface area contributed by atoms with Crippen molar-refractivity contribution in [2.24, 2.45) is 0 Å². The van der Waals surface area contributed by atoms with Crippen LogP contribution in [-0.4, -0.2) is 24.1 Å². The van der Waals surface area contributed by atoms with E-state index in [0.29, 0.717) is 23.2 Å². The molecule has 0 spiro atoms. The molecule has 3 heterocycles. The van der Waals surface area contributed by atoms with Crippen LogP contribution in [0.5, 0.6) is 0 Å². The van der Waals surface area contributed by atoms with E-state index in [1.807, 2.05) is 12.1 Å². The lowest BCUT2D eigenvalue weighted by atomic mass is 9.79. The molecule has 98 heavy (non-hydrogen) atoms. The average molecular weight is 1270 g/mol. The second-order valence-electron chi connectivity index (χ2n) is 32.9. The largest absolute Gasteiger partial charge is 0.309 e. The van der Waals surface area contributed by atoms with Gasteiger partial charge in [0.25, 0.3) is 0 Å². The first-order chi connectivity index (χ1) is 46.5. The number of aromatic nitrogens is 5. The van der Waals surface area contributed by atoms with Crippen LogP contribution in [0.2, 0.25) is 0 Å². The molecular weight excluding hydrogens is 1190 g/mol. The SMILES string of the molecule is [C-]#[N+]c1ccc(-c2ccc(-n3c4ccccc4c4cc5c(cc43)C(C)(C)c3ccccc3-5)c(-c3cc(-c4nc(-c5cc(C(C)(C)C)cc(C(C)(C)C)c5)nc(-c5cc(C(C)(C)C)cc(C(C)(C)C)c5)n4)ccc3-n3c4ccccc4c4cc5c(cc43)C(C)(C)c3ccccc3-5)c2)cc1. The number of rotatable bonds is 7. The van der Waals surface area contributed by atoms with E-state index >= 15 is 0 Å². The molecule has 2 aliphatic rings. The third-order valence-electron chi connectivity index (χ3n) is 21.6. The molecule has 16 rings (SSSR count). The molecule has 0 aliphatic heterocycles. The van der Waals surface area contributed by atoms with E-state index in [-0.39, 0.29) is 32.5 Å². The molecule has 0 atom stereocenters. The Hall–Kier alpha value is -10.5. The molecule has 0 fully saturated rings. The summed E-state index contributed by atoms with van der Waals surface area (Å²) in [5.41, 5.74) is 28.2. The van der Waals surface area contributed by atoms with Crippen molar-refractivity contribution >= 4 is 49.3 Å². The first-order valence-corrected chi connectivity index (χ1v) is 34.8. The fourth-order valence-electron chi connectivity index (χ4n) is 15.8. The van der Waals surface area contributed by atoms with Gasteiger partial charge in [0.2, 0.25) is 0 Å². The van der Waals surface area contributed by atoms with E-state index in [1.165, 1.54) is 88.3 Å². The first-order valence-electron chi connectivity index (χ1n) is 34.8. The van der Waals surface area contributed by atoms with Gasteiger partial charge in [-0.3, -0.25) is 0 Å². The van der Waals surface area contributed by atoms with Crippen LogP contribution in [-0.2, 0) is 32.5 Å². The Labute approximate surface area is 577 Å². The summed E-state index contributed by atoms with van der Waals surface area (Å²) in [5, 5.41) is 4.77. The predicted octanol–water partition coefficient (Wildman–Crippen LogP) is 24.8. The quantitative estimate of drug-likeness (QED) is 0.149. The summed E-state index contributed by atoms with van der Waals surface area (Å²) in [7, 11) is 0. The molecule has 0 radical (unpaired) electrons. The fraction of sp³-hybridized carbons (Fsp3) is 0.239. The number of hydrogen-bond donors (Lipinski definition) is 0. The van der Waals surface area contributed by atoms with E-state index in [4.69, 9.17) is 21.5 Å². The first kappa shape index (κ1) is 62.3. The molecule has 0 N–H and O–H groups in total. The highest BCUT2D eigenvalue weighted by Crippen LogP contribution is 2.54. The molecular formula is C92H84N6. The van der Waals surface area contributed by atoms with Gasteiger partial charge < -0.3 is 9.13 Å². The van der Waals surface area contributed by atoms with Gasteiger partial charge in [-0.2, -0.15) is 0 Å². The Morgan fingerprint density at radius 2 is 0.653 bits per heavy atom. The number of hydrogen-bond acceptors (Lipinski definition) is 3. The van der Waals surface area contributed by atoms with Crippen molar-refractivity contribution in [3.8, 4) is 90.0 Å². The molecule has 0 unspecified atom stereocenters. The molecule has 482 valence electrons. The molecule has 2 aliphatic carbocycles. The van der Waals surface area contributed by atoms with Gasteiger partial charge in [0.15, 0.2) is 23.2 Å². The van der Waals surface area contributed by atoms with Crippen LogP contribution < -0.4 is 0 Å². The maximum atomic E-state index is 7.97. The Morgan fingerprint density at radius 3 is 1.06 bits per heavy atom. The highest BCUT2D eigenvalue weighted by molar-refractivity contribution is 6.14. The topological polar surface area (TPSA) is 52.9 Å². The smallest absolute Gasteiger partial charge is 0.187 e. The summed E-state index contributed by atoms with van der Waals surface area (Å²) in [6.07, 6.45) is 0. The van der Waals surface area contributed by atoms with Crippen molar-refractivity contribution in [2.45, 2.75) is 143 Å². The zero-order chi connectivity index (χ0) is 68.5. The molecule has 11 aromatic carbocycles. The van der Waals surface area contributed by atoms with E-state index in [2.05, 4.69) is 331 Å². The molecule has 0 saturated carbocycles. The standard InChI is InChI=1S/C92H84N6/c1-87(2,3)59-42-57(43-60(48-59)88(4,5)6)85-94-84(95-86(96-85)58-44-61(89(7,8)9)49-62(45-58)90(10,11)12)56-37-41-81(98-79-33-25-21-29-67(79)73-51-69-65-27-19-23-31-75(65)92(15,16)77(69)53-83(73)98)71(47-56)70-46-55(54-34-38-63(93-17)39-35-54)36-40-80(70)97-78-32-24-20-28-66(78)72-50-68-64-26-18-22-30-74(64)91(13,14)76(68)52-82(72)97/h18-53H,1-16H3. The van der Waals surface area contributed by atoms with Crippen LogP contribution in [0.1, 0.15) is 155 Å². The molecule has 14 aromatic rings. The monoisotopic (exact) mass is 1270 g/mol. The van der Waals surface area contributed by atoms with Crippen LogP contribution in [0.3, 0.4) is 0 Å².